The van der Waals surface area contributed by atoms with E-state index in [-0.39, 0.29) is 29.3 Å². The zero-order valence-corrected chi connectivity index (χ0v) is 19.5. The summed E-state index contributed by atoms with van der Waals surface area (Å²) in [7, 11) is 0. The molecule has 0 bridgehead atoms. The van der Waals surface area contributed by atoms with Gasteiger partial charge in [0.2, 0.25) is 11.7 Å². The van der Waals surface area contributed by atoms with Crippen molar-refractivity contribution in [1.82, 2.24) is 15.0 Å². The summed E-state index contributed by atoms with van der Waals surface area (Å²) < 4.78 is 46.9. The van der Waals surface area contributed by atoms with E-state index >= 15 is 0 Å². The number of aromatic nitrogens is 2. The summed E-state index contributed by atoms with van der Waals surface area (Å²) in [5.41, 5.74) is 1.88. The first-order chi connectivity index (χ1) is 16.8. The number of likely N-dealkylation sites (tertiary alicyclic amines) is 1. The molecule has 1 N–H and O–H groups in total. The highest BCUT2D eigenvalue weighted by Gasteiger charge is 2.36. The quantitative estimate of drug-likeness (QED) is 0.383. The Balaban J connectivity index is 1.52. The fraction of sp³-hybridized carbons (Fsp3) is 0.423. The van der Waals surface area contributed by atoms with Gasteiger partial charge in [-0.1, -0.05) is 54.9 Å². The number of carbonyl (C=O) groups is 1. The number of unbranched alkanes of at least 4 members (excludes halogenated alkanes) is 1. The lowest BCUT2D eigenvalue weighted by Crippen LogP contribution is -2.28. The van der Waals surface area contributed by atoms with Crippen molar-refractivity contribution in [2.45, 2.75) is 64.1 Å². The molecule has 4 rings (SSSR count). The van der Waals surface area contributed by atoms with Gasteiger partial charge in [0.05, 0.1) is 5.56 Å². The van der Waals surface area contributed by atoms with E-state index in [1.807, 2.05) is 24.3 Å². The average Bonchev–Trinajstić information content (AvgIpc) is 3.51. The number of hydrogen-bond acceptors (Lipinski definition) is 4. The highest BCUT2D eigenvalue weighted by Crippen LogP contribution is 2.36. The largest absolute Gasteiger partial charge is 0.465 e. The fourth-order valence-corrected chi connectivity index (χ4v) is 4.47. The van der Waals surface area contributed by atoms with E-state index in [4.69, 9.17) is 4.52 Å². The average molecular weight is 488 g/mol. The number of halogens is 3. The van der Waals surface area contributed by atoms with E-state index in [0.717, 1.165) is 30.9 Å². The first-order valence-corrected chi connectivity index (χ1v) is 11.9. The fourth-order valence-electron chi connectivity index (χ4n) is 4.47. The van der Waals surface area contributed by atoms with Gasteiger partial charge in [-0.15, -0.1) is 0 Å². The second-order valence-corrected chi connectivity index (χ2v) is 8.88. The molecule has 1 aromatic heterocycles. The maximum Gasteiger partial charge on any atom is 0.416 e. The van der Waals surface area contributed by atoms with Crippen LogP contribution in [0.25, 0.3) is 11.4 Å². The standard InChI is InChI=1S/C26H28F3N3O3/c1-2-3-5-17-7-9-18(10-8-17)11-12-19-13-14-20(16-21(19)26(27,28)29)23-30-24(35-31-23)22-6-4-15-32(22)25(33)34/h7-10,13-14,16,22H,2-6,11-12,15H2,1H3,(H,33,34). The van der Waals surface area contributed by atoms with Gasteiger partial charge in [0.25, 0.3) is 0 Å². The normalized spacial score (nSPS) is 16.1. The van der Waals surface area contributed by atoms with Gasteiger partial charge in [-0.25, -0.2) is 4.79 Å². The van der Waals surface area contributed by atoms with Crippen LogP contribution in [0.4, 0.5) is 18.0 Å². The molecule has 2 heterocycles. The SMILES string of the molecule is CCCCc1ccc(CCc2ccc(-c3noc(C4CCCN4C(=O)O)n3)cc2C(F)(F)F)cc1. The van der Waals surface area contributed by atoms with Crippen LogP contribution >= 0.6 is 0 Å². The Morgan fingerprint density at radius 1 is 1.11 bits per heavy atom. The van der Waals surface area contributed by atoms with E-state index < -0.39 is 23.9 Å². The minimum Gasteiger partial charge on any atom is -0.465 e. The Labute approximate surface area is 201 Å². The molecule has 1 atom stereocenters. The second kappa shape index (κ2) is 10.5. The minimum atomic E-state index is -4.53. The van der Waals surface area contributed by atoms with Crippen molar-refractivity contribution in [3.63, 3.8) is 0 Å². The molecule has 1 amide bonds. The van der Waals surface area contributed by atoms with E-state index in [2.05, 4.69) is 17.1 Å². The lowest BCUT2D eigenvalue weighted by atomic mass is 9.96. The van der Waals surface area contributed by atoms with Gasteiger partial charge in [0, 0.05) is 12.1 Å². The van der Waals surface area contributed by atoms with Crippen LogP contribution in [0.3, 0.4) is 0 Å². The summed E-state index contributed by atoms with van der Waals surface area (Å²) in [4.78, 5) is 16.8. The number of alkyl halides is 3. The van der Waals surface area contributed by atoms with Crippen molar-refractivity contribution >= 4 is 6.09 Å². The van der Waals surface area contributed by atoms with Crippen LogP contribution in [0.5, 0.6) is 0 Å². The molecular formula is C26H28F3N3O3. The summed E-state index contributed by atoms with van der Waals surface area (Å²) in [5, 5.41) is 13.1. The van der Waals surface area contributed by atoms with Crippen LogP contribution in [0.2, 0.25) is 0 Å². The topological polar surface area (TPSA) is 79.5 Å². The van der Waals surface area contributed by atoms with Crippen LogP contribution in [0.15, 0.2) is 47.0 Å². The van der Waals surface area contributed by atoms with Crippen LogP contribution in [-0.2, 0) is 25.4 Å². The highest BCUT2D eigenvalue weighted by atomic mass is 19.4. The molecule has 9 heteroatoms. The number of carboxylic acid groups (broad SMARTS) is 1. The zero-order chi connectivity index (χ0) is 25.0. The number of nitrogens with zero attached hydrogens (tertiary/aromatic N) is 3. The first-order valence-electron chi connectivity index (χ1n) is 11.9. The third-order valence-electron chi connectivity index (χ3n) is 6.42. The molecule has 1 aliphatic heterocycles. The Kier molecular flexibility index (Phi) is 7.42. The van der Waals surface area contributed by atoms with Crippen LogP contribution in [0, 0.1) is 0 Å². The molecule has 3 aromatic rings. The van der Waals surface area contributed by atoms with Gasteiger partial charge >= 0.3 is 12.3 Å². The lowest BCUT2D eigenvalue weighted by Gasteiger charge is -2.17. The van der Waals surface area contributed by atoms with Crippen LogP contribution in [0.1, 0.15) is 66.8 Å². The van der Waals surface area contributed by atoms with Crippen molar-refractivity contribution < 1.29 is 27.6 Å². The first kappa shape index (κ1) is 24.8. The van der Waals surface area contributed by atoms with E-state index in [1.54, 1.807) is 6.07 Å². The molecule has 0 saturated carbocycles. The Morgan fingerprint density at radius 2 is 1.83 bits per heavy atom. The van der Waals surface area contributed by atoms with Gasteiger partial charge in [-0.05, 0) is 61.3 Å². The molecule has 1 aliphatic rings. The number of rotatable bonds is 8. The molecule has 0 aliphatic carbocycles. The number of aryl methyl sites for hydroxylation is 3. The monoisotopic (exact) mass is 487 g/mol. The van der Waals surface area contributed by atoms with Crippen molar-refractivity contribution in [3.05, 3.63) is 70.6 Å². The predicted molar refractivity (Wildman–Crippen MR) is 124 cm³/mol. The third kappa shape index (κ3) is 5.83. The van der Waals surface area contributed by atoms with E-state index in [1.165, 1.54) is 16.5 Å². The van der Waals surface area contributed by atoms with E-state index in [9.17, 15) is 23.1 Å². The molecule has 1 saturated heterocycles. The lowest BCUT2D eigenvalue weighted by molar-refractivity contribution is -0.138. The number of hydrogen-bond donors (Lipinski definition) is 1. The van der Waals surface area contributed by atoms with Gasteiger partial charge < -0.3 is 9.63 Å². The molecule has 35 heavy (non-hydrogen) atoms. The van der Waals surface area contributed by atoms with Crippen molar-refractivity contribution in [2.75, 3.05) is 6.54 Å². The van der Waals surface area contributed by atoms with Crippen molar-refractivity contribution in [3.8, 4) is 11.4 Å². The summed E-state index contributed by atoms with van der Waals surface area (Å²) in [6.07, 6.45) is -0.468. The number of benzene rings is 2. The maximum absolute atomic E-state index is 13.9. The summed E-state index contributed by atoms with van der Waals surface area (Å²) >= 11 is 0. The van der Waals surface area contributed by atoms with Crippen molar-refractivity contribution in [1.29, 1.82) is 0 Å². The Morgan fingerprint density at radius 3 is 2.49 bits per heavy atom. The van der Waals surface area contributed by atoms with Gasteiger partial charge in [-0.2, -0.15) is 18.2 Å². The smallest absolute Gasteiger partial charge is 0.416 e. The Hall–Kier alpha value is -3.36. The van der Waals surface area contributed by atoms with Crippen LogP contribution in [-0.4, -0.2) is 32.8 Å². The van der Waals surface area contributed by atoms with Crippen LogP contribution < -0.4 is 0 Å². The molecule has 186 valence electrons. The van der Waals surface area contributed by atoms with Gasteiger partial charge in [0.1, 0.15) is 6.04 Å². The molecule has 6 nitrogen and oxygen atoms in total. The molecular weight excluding hydrogens is 459 g/mol. The molecule has 2 aromatic carbocycles. The maximum atomic E-state index is 13.9. The minimum absolute atomic E-state index is 0.0111. The van der Waals surface area contributed by atoms with Gasteiger partial charge in [-0.3, -0.25) is 4.90 Å². The Bertz CT molecular complexity index is 1160. The second-order valence-electron chi connectivity index (χ2n) is 8.88. The van der Waals surface area contributed by atoms with Crippen molar-refractivity contribution in [2.24, 2.45) is 0 Å². The number of amides is 1. The summed E-state index contributed by atoms with van der Waals surface area (Å²) in [6.45, 7) is 2.49. The highest BCUT2D eigenvalue weighted by molar-refractivity contribution is 5.66. The molecule has 1 unspecified atom stereocenters. The zero-order valence-electron chi connectivity index (χ0n) is 19.5. The molecule has 1 fully saturated rings. The molecule has 0 radical (unpaired) electrons. The van der Waals surface area contributed by atoms with Gasteiger partial charge in [0.15, 0.2) is 0 Å². The van der Waals surface area contributed by atoms with E-state index in [0.29, 0.717) is 25.8 Å². The summed E-state index contributed by atoms with van der Waals surface area (Å²) in [6, 6.07) is 11.5. The summed E-state index contributed by atoms with van der Waals surface area (Å²) in [5.74, 6) is 0.108. The third-order valence-corrected chi connectivity index (χ3v) is 6.42. The molecule has 0 spiro atoms. The predicted octanol–water partition coefficient (Wildman–Crippen LogP) is 6.70.